The summed E-state index contributed by atoms with van der Waals surface area (Å²) in [5, 5.41) is 12.7. The van der Waals surface area contributed by atoms with Crippen LogP contribution < -0.4 is 4.74 Å². The third kappa shape index (κ3) is 2.53. The molecule has 3 aromatic rings. The van der Waals surface area contributed by atoms with Gasteiger partial charge < -0.3 is 9.26 Å². The molecule has 4 rings (SSSR count). The van der Waals surface area contributed by atoms with Gasteiger partial charge in [-0.3, -0.25) is 0 Å². The van der Waals surface area contributed by atoms with Gasteiger partial charge in [-0.25, -0.2) is 0 Å². The first-order valence-corrected chi connectivity index (χ1v) is 9.23. The molecule has 3 heterocycles. The standard InChI is InChI=1S/C13H9BrN4O2S2/c1-21-13-17-16-12(22-13)10-15-11(20-18-10)9-5-6-4-7(14)2-3-8(6)19-9/h2-4,9H,5H2,1H3. The molecule has 0 saturated heterocycles. The molecule has 0 spiro atoms. The highest BCUT2D eigenvalue weighted by Gasteiger charge is 2.30. The smallest absolute Gasteiger partial charge is 0.268 e. The van der Waals surface area contributed by atoms with Gasteiger partial charge in [-0.1, -0.05) is 44.2 Å². The molecule has 22 heavy (non-hydrogen) atoms. The molecule has 112 valence electrons. The van der Waals surface area contributed by atoms with Crippen molar-refractivity contribution >= 4 is 39.0 Å². The third-order valence-electron chi connectivity index (χ3n) is 3.19. The first-order valence-electron chi connectivity index (χ1n) is 6.39. The summed E-state index contributed by atoms with van der Waals surface area (Å²) >= 11 is 6.44. The van der Waals surface area contributed by atoms with E-state index in [1.165, 1.54) is 23.1 Å². The minimum atomic E-state index is -0.251. The van der Waals surface area contributed by atoms with Crippen molar-refractivity contribution in [3.8, 4) is 16.6 Å². The Morgan fingerprint density at radius 2 is 2.27 bits per heavy atom. The Bertz CT molecular complexity index is 835. The number of ether oxygens (including phenoxy) is 1. The summed E-state index contributed by atoms with van der Waals surface area (Å²) in [6, 6.07) is 5.93. The number of rotatable bonds is 3. The van der Waals surface area contributed by atoms with Crippen LogP contribution >= 0.6 is 39.0 Å². The minimum Gasteiger partial charge on any atom is -0.480 e. The van der Waals surface area contributed by atoms with Crippen LogP contribution in [0.2, 0.25) is 0 Å². The molecule has 0 aliphatic carbocycles. The molecule has 1 atom stereocenters. The summed E-state index contributed by atoms with van der Waals surface area (Å²) in [4.78, 5) is 4.40. The highest BCUT2D eigenvalue weighted by molar-refractivity contribution is 9.10. The lowest BCUT2D eigenvalue weighted by molar-refractivity contribution is 0.183. The van der Waals surface area contributed by atoms with Crippen LogP contribution in [0.3, 0.4) is 0 Å². The van der Waals surface area contributed by atoms with Gasteiger partial charge in [0.05, 0.1) is 0 Å². The maximum absolute atomic E-state index is 5.87. The number of aromatic nitrogens is 4. The van der Waals surface area contributed by atoms with Gasteiger partial charge in [0.1, 0.15) is 5.75 Å². The highest BCUT2D eigenvalue weighted by Crippen LogP contribution is 2.38. The van der Waals surface area contributed by atoms with Crippen molar-refractivity contribution in [1.29, 1.82) is 0 Å². The molecule has 1 aliphatic rings. The number of benzene rings is 1. The second-order valence-corrected chi connectivity index (χ2v) is 7.54. The van der Waals surface area contributed by atoms with Crippen molar-refractivity contribution in [3.63, 3.8) is 0 Å². The van der Waals surface area contributed by atoms with Crippen molar-refractivity contribution in [2.24, 2.45) is 0 Å². The van der Waals surface area contributed by atoms with Crippen LogP contribution in [0.15, 0.2) is 31.5 Å². The Morgan fingerprint density at radius 1 is 1.36 bits per heavy atom. The van der Waals surface area contributed by atoms with Crippen LogP contribution in [-0.2, 0) is 6.42 Å². The highest BCUT2D eigenvalue weighted by atomic mass is 79.9. The fourth-order valence-electron chi connectivity index (χ4n) is 2.19. The zero-order valence-corrected chi connectivity index (χ0v) is 14.5. The fraction of sp³-hybridized carbons (Fsp3) is 0.231. The summed E-state index contributed by atoms with van der Waals surface area (Å²) in [6.45, 7) is 0. The van der Waals surface area contributed by atoms with Crippen LogP contribution in [0.4, 0.5) is 0 Å². The predicted molar refractivity (Wildman–Crippen MR) is 86.2 cm³/mol. The van der Waals surface area contributed by atoms with Crippen molar-refractivity contribution < 1.29 is 9.26 Å². The number of hydrogen-bond donors (Lipinski definition) is 0. The fourth-order valence-corrected chi connectivity index (χ4v) is 3.79. The van der Waals surface area contributed by atoms with Gasteiger partial charge in [0, 0.05) is 10.9 Å². The number of thioether (sulfide) groups is 1. The lowest BCUT2D eigenvalue weighted by Gasteiger charge is -2.03. The zero-order chi connectivity index (χ0) is 15.1. The lowest BCUT2D eigenvalue weighted by atomic mass is 10.1. The molecule has 6 nitrogen and oxygen atoms in total. The normalized spacial score (nSPS) is 16.5. The van der Waals surface area contributed by atoms with E-state index in [0.29, 0.717) is 23.1 Å². The zero-order valence-electron chi connectivity index (χ0n) is 11.3. The van der Waals surface area contributed by atoms with E-state index < -0.39 is 0 Å². The predicted octanol–water partition coefficient (Wildman–Crippen LogP) is 3.75. The molecular formula is C13H9BrN4O2S2. The molecule has 1 aliphatic heterocycles. The monoisotopic (exact) mass is 396 g/mol. The van der Waals surface area contributed by atoms with E-state index in [2.05, 4.69) is 36.3 Å². The molecule has 0 fully saturated rings. The first kappa shape index (κ1) is 14.2. The van der Waals surface area contributed by atoms with Crippen LogP contribution in [0.25, 0.3) is 10.8 Å². The van der Waals surface area contributed by atoms with E-state index in [4.69, 9.17) is 9.26 Å². The molecule has 0 radical (unpaired) electrons. The molecule has 0 bridgehead atoms. The van der Waals surface area contributed by atoms with E-state index in [1.54, 1.807) is 0 Å². The maximum Gasteiger partial charge on any atom is 0.268 e. The average molecular weight is 397 g/mol. The Kier molecular flexibility index (Phi) is 3.63. The lowest BCUT2D eigenvalue weighted by Crippen LogP contribution is -2.03. The van der Waals surface area contributed by atoms with Gasteiger partial charge >= 0.3 is 0 Å². The van der Waals surface area contributed by atoms with Crippen LogP contribution in [0.1, 0.15) is 17.6 Å². The Labute approximate surface area is 142 Å². The van der Waals surface area contributed by atoms with E-state index in [0.717, 1.165) is 20.1 Å². The van der Waals surface area contributed by atoms with Crippen molar-refractivity contribution in [1.82, 2.24) is 20.3 Å². The van der Waals surface area contributed by atoms with Crippen LogP contribution in [-0.4, -0.2) is 26.6 Å². The number of halogens is 1. The molecule has 1 unspecified atom stereocenters. The summed E-state index contributed by atoms with van der Waals surface area (Å²) in [7, 11) is 0. The topological polar surface area (TPSA) is 73.9 Å². The van der Waals surface area contributed by atoms with Crippen molar-refractivity contribution in [3.05, 3.63) is 34.1 Å². The summed E-state index contributed by atoms with van der Waals surface area (Å²) in [6.07, 6.45) is 2.41. The Balaban J connectivity index is 1.58. The summed E-state index contributed by atoms with van der Waals surface area (Å²) in [5.41, 5.74) is 1.12. The number of hydrogen-bond acceptors (Lipinski definition) is 8. The molecule has 1 aromatic carbocycles. The summed E-state index contributed by atoms with van der Waals surface area (Å²) in [5.74, 6) is 1.77. The number of nitrogens with zero attached hydrogens (tertiary/aromatic N) is 4. The Morgan fingerprint density at radius 3 is 3.09 bits per heavy atom. The maximum atomic E-state index is 5.87. The van der Waals surface area contributed by atoms with Crippen LogP contribution in [0, 0.1) is 0 Å². The molecule has 2 aromatic heterocycles. The largest absolute Gasteiger partial charge is 0.480 e. The molecule has 0 amide bonds. The quantitative estimate of drug-likeness (QED) is 0.623. The Hall–Kier alpha value is -1.45. The second-order valence-electron chi connectivity index (χ2n) is 4.60. The van der Waals surface area contributed by atoms with Crippen molar-refractivity contribution in [2.45, 2.75) is 16.9 Å². The molecular weight excluding hydrogens is 388 g/mol. The van der Waals surface area contributed by atoms with Gasteiger partial charge in [-0.05, 0) is 30.0 Å². The van der Waals surface area contributed by atoms with E-state index in [9.17, 15) is 0 Å². The van der Waals surface area contributed by atoms with Gasteiger partial charge in [0.15, 0.2) is 15.5 Å². The van der Waals surface area contributed by atoms with E-state index in [-0.39, 0.29) is 6.10 Å². The number of fused-ring (bicyclic) bond motifs is 1. The molecule has 9 heteroatoms. The molecule has 0 N–H and O–H groups in total. The minimum absolute atomic E-state index is 0.251. The SMILES string of the molecule is CSc1nnc(-c2noc(C3Cc4cc(Br)ccc4O3)n2)s1. The van der Waals surface area contributed by atoms with Gasteiger partial charge in [0.25, 0.3) is 5.89 Å². The van der Waals surface area contributed by atoms with Gasteiger partial charge in [-0.15, -0.1) is 10.2 Å². The first-order chi connectivity index (χ1) is 10.7. The van der Waals surface area contributed by atoms with Crippen LogP contribution in [0.5, 0.6) is 5.75 Å². The second kappa shape index (κ2) is 5.64. The average Bonchev–Trinajstić information content (AvgIpc) is 3.24. The van der Waals surface area contributed by atoms with Crippen molar-refractivity contribution in [2.75, 3.05) is 6.26 Å². The van der Waals surface area contributed by atoms with E-state index in [1.807, 2.05) is 24.5 Å². The van der Waals surface area contributed by atoms with Gasteiger partial charge in [-0.2, -0.15) is 4.98 Å². The van der Waals surface area contributed by atoms with E-state index >= 15 is 0 Å². The third-order valence-corrected chi connectivity index (χ3v) is 5.57. The summed E-state index contributed by atoms with van der Waals surface area (Å²) < 4.78 is 13.1. The molecule has 0 saturated carbocycles. The van der Waals surface area contributed by atoms with Gasteiger partial charge in [0.2, 0.25) is 5.82 Å².